The molecule has 1 N–H and O–H groups in total. The second kappa shape index (κ2) is 6.85. The van der Waals surface area contributed by atoms with Crippen molar-refractivity contribution in [1.82, 2.24) is 9.97 Å². The number of benzene rings is 1. The van der Waals surface area contributed by atoms with Crippen molar-refractivity contribution in [2.45, 2.75) is 39.5 Å². The first-order chi connectivity index (χ1) is 10.8. The van der Waals surface area contributed by atoms with Gasteiger partial charge in [0.1, 0.15) is 5.56 Å². The fraction of sp³-hybridized carbons (Fsp3) is 0.375. The molecule has 0 bridgehead atoms. The van der Waals surface area contributed by atoms with Crippen molar-refractivity contribution in [3.8, 4) is 5.88 Å². The fourth-order valence-corrected chi connectivity index (χ4v) is 1.93. The highest BCUT2D eigenvalue weighted by Gasteiger charge is 2.36. The third kappa shape index (κ3) is 4.58. The Labute approximate surface area is 132 Å². The van der Waals surface area contributed by atoms with E-state index < -0.39 is 23.7 Å². The molecule has 1 aromatic heterocycles. The molecule has 0 saturated heterocycles. The number of nitrogens with zero attached hydrogens (tertiary/aromatic N) is 2. The number of halogens is 3. The van der Waals surface area contributed by atoms with Gasteiger partial charge in [0.25, 0.3) is 0 Å². The lowest BCUT2D eigenvalue weighted by Crippen LogP contribution is -2.15. The molecule has 4 nitrogen and oxygen atoms in total. The Kier molecular flexibility index (Phi) is 5.08. The lowest BCUT2D eigenvalue weighted by atomic mass is 10.1. The molecule has 124 valence electrons. The first kappa shape index (κ1) is 17.1. The Morgan fingerprint density at radius 2 is 2.00 bits per heavy atom. The van der Waals surface area contributed by atoms with Crippen LogP contribution in [0.1, 0.15) is 31.9 Å². The number of hydrogen-bond donors (Lipinski definition) is 1. The number of anilines is 2. The van der Waals surface area contributed by atoms with Crippen LogP contribution in [0.4, 0.5) is 24.8 Å². The van der Waals surface area contributed by atoms with Crippen LogP contribution in [-0.2, 0) is 12.6 Å². The minimum atomic E-state index is -4.56. The molecule has 23 heavy (non-hydrogen) atoms. The van der Waals surface area contributed by atoms with Gasteiger partial charge in [0.15, 0.2) is 0 Å². The molecule has 0 saturated carbocycles. The summed E-state index contributed by atoms with van der Waals surface area (Å²) in [5.74, 6) is -0.418. The minimum Gasteiger partial charge on any atom is -0.474 e. The smallest absolute Gasteiger partial charge is 0.423 e. The molecule has 0 aliphatic rings. The predicted octanol–water partition coefficient (Wildman–Crippen LogP) is 4.59. The summed E-state index contributed by atoms with van der Waals surface area (Å²) in [7, 11) is 0. The largest absolute Gasteiger partial charge is 0.474 e. The van der Waals surface area contributed by atoms with Gasteiger partial charge in [0, 0.05) is 11.9 Å². The number of alkyl halides is 3. The van der Waals surface area contributed by atoms with Gasteiger partial charge >= 0.3 is 6.18 Å². The monoisotopic (exact) mass is 325 g/mol. The van der Waals surface area contributed by atoms with E-state index in [0.29, 0.717) is 5.69 Å². The van der Waals surface area contributed by atoms with Crippen LogP contribution in [-0.4, -0.2) is 16.1 Å². The number of aryl methyl sites for hydroxylation is 1. The van der Waals surface area contributed by atoms with Gasteiger partial charge in [-0.1, -0.05) is 19.1 Å². The highest BCUT2D eigenvalue weighted by molar-refractivity contribution is 5.55. The number of ether oxygens (including phenoxy) is 1. The van der Waals surface area contributed by atoms with E-state index in [4.69, 9.17) is 4.74 Å². The van der Waals surface area contributed by atoms with Gasteiger partial charge in [-0.25, -0.2) is 4.98 Å². The van der Waals surface area contributed by atoms with E-state index in [9.17, 15) is 13.2 Å². The van der Waals surface area contributed by atoms with Crippen molar-refractivity contribution in [2.75, 3.05) is 5.32 Å². The molecule has 7 heteroatoms. The number of aromatic nitrogens is 2. The van der Waals surface area contributed by atoms with Gasteiger partial charge in [-0.15, -0.1) is 0 Å². The Morgan fingerprint density at radius 3 is 2.61 bits per heavy atom. The second-order valence-electron chi connectivity index (χ2n) is 5.26. The molecule has 0 radical (unpaired) electrons. The molecular formula is C16H18F3N3O. The van der Waals surface area contributed by atoms with Crippen LogP contribution in [0, 0.1) is 0 Å². The summed E-state index contributed by atoms with van der Waals surface area (Å²) >= 11 is 0. The summed E-state index contributed by atoms with van der Waals surface area (Å²) in [4.78, 5) is 7.61. The molecule has 0 spiro atoms. The maximum absolute atomic E-state index is 13.0. The van der Waals surface area contributed by atoms with Gasteiger partial charge in [-0.3, -0.25) is 0 Å². The van der Waals surface area contributed by atoms with Gasteiger partial charge in [-0.2, -0.15) is 18.2 Å². The molecule has 1 heterocycles. The van der Waals surface area contributed by atoms with E-state index in [1.807, 2.05) is 25.1 Å². The molecule has 0 fully saturated rings. The molecular weight excluding hydrogens is 307 g/mol. The van der Waals surface area contributed by atoms with E-state index in [0.717, 1.165) is 18.2 Å². The Morgan fingerprint density at radius 1 is 1.26 bits per heavy atom. The Hall–Kier alpha value is -2.31. The third-order valence-corrected chi connectivity index (χ3v) is 3.00. The minimum absolute atomic E-state index is 0.0573. The van der Waals surface area contributed by atoms with Crippen molar-refractivity contribution >= 4 is 11.6 Å². The van der Waals surface area contributed by atoms with Crippen molar-refractivity contribution in [3.05, 3.63) is 41.6 Å². The lowest BCUT2D eigenvalue weighted by molar-refractivity contribution is -0.139. The molecule has 2 aromatic rings. The zero-order valence-electron chi connectivity index (χ0n) is 13.1. The predicted molar refractivity (Wildman–Crippen MR) is 81.9 cm³/mol. The summed E-state index contributed by atoms with van der Waals surface area (Å²) in [6.07, 6.45) is -3.41. The molecule has 0 atom stereocenters. The van der Waals surface area contributed by atoms with E-state index in [1.165, 1.54) is 0 Å². The van der Waals surface area contributed by atoms with Crippen molar-refractivity contribution in [3.63, 3.8) is 0 Å². The molecule has 0 aliphatic carbocycles. The van der Waals surface area contributed by atoms with Gasteiger partial charge < -0.3 is 10.1 Å². The normalized spacial score (nSPS) is 11.6. The second-order valence-corrected chi connectivity index (χ2v) is 5.26. The first-order valence-corrected chi connectivity index (χ1v) is 7.26. The van der Waals surface area contributed by atoms with Crippen molar-refractivity contribution < 1.29 is 17.9 Å². The lowest BCUT2D eigenvalue weighted by Gasteiger charge is -2.16. The standard InChI is InChI=1S/C16H18F3N3O/c1-4-11-6-5-7-12(8-11)21-15-20-9-13(16(17,18)19)14(22-15)23-10(2)3/h5-10H,4H2,1-3H3,(H,20,21,22). The molecule has 2 rings (SSSR count). The van der Waals surface area contributed by atoms with Gasteiger partial charge in [0.05, 0.1) is 6.10 Å². The van der Waals surface area contributed by atoms with Gasteiger partial charge in [-0.05, 0) is 38.0 Å². The van der Waals surface area contributed by atoms with E-state index in [-0.39, 0.29) is 5.95 Å². The molecule has 0 unspecified atom stereocenters. The van der Waals surface area contributed by atoms with Crippen LogP contribution in [0.3, 0.4) is 0 Å². The summed E-state index contributed by atoms with van der Waals surface area (Å²) < 4.78 is 44.1. The maximum atomic E-state index is 13.0. The molecule has 1 aromatic carbocycles. The summed E-state index contributed by atoms with van der Waals surface area (Å²) in [5.41, 5.74) is 0.819. The zero-order valence-corrected chi connectivity index (χ0v) is 13.1. The van der Waals surface area contributed by atoms with Crippen LogP contribution in [0.25, 0.3) is 0 Å². The number of rotatable bonds is 5. The first-order valence-electron chi connectivity index (χ1n) is 7.26. The van der Waals surface area contributed by atoms with Crippen LogP contribution < -0.4 is 10.1 Å². The SMILES string of the molecule is CCc1cccc(Nc2ncc(C(F)(F)F)c(OC(C)C)n2)c1. The van der Waals surface area contributed by atoms with E-state index in [1.54, 1.807) is 19.9 Å². The fourth-order valence-electron chi connectivity index (χ4n) is 1.93. The van der Waals surface area contributed by atoms with Crippen LogP contribution in [0.5, 0.6) is 5.88 Å². The maximum Gasteiger partial charge on any atom is 0.423 e. The van der Waals surface area contributed by atoms with E-state index in [2.05, 4.69) is 15.3 Å². The van der Waals surface area contributed by atoms with Crippen molar-refractivity contribution in [2.24, 2.45) is 0 Å². The Balaban J connectivity index is 2.32. The highest BCUT2D eigenvalue weighted by Crippen LogP contribution is 2.35. The average Bonchev–Trinajstić information content (AvgIpc) is 2.45. The molecule has 0 amide bonds. The van der Waals surface area contributed by atoms with Crippen LogP contribution in [0.2, 0.25) is 0 Å². The van der Waals surface area contributed by atoms with E-state index >= 15 is 0 Å². The quantitative estimate of drug-likeness (QED) is 0.873. The summed E-state index contributed by atoms with van der Waals surface area (Å²) in [6, 6.07) is 7.51. The number of hydrogen-bond acceptors (Lipinski definition) is 4. The van der Waals surface area contributed by atoms with Gasteiger partial charge in [0.2, 0.25) is 11.8 Å². The average molecular weight is 325 g/mol. The topological polar surface area (TPSA) is 47.0 Å². The summed E-state index contributed by atoms with van der Waals surface area (Å²) in [6.45, 7) is 5.29. The highest BCUT2D eigenvalue weighted by atomic mass is 19.4. The Bertz CT molecular complexity index is 672. The van der Waals surface area contributed by atoms with Crippen molar-refractivity contribution in [1.29, 1.82) is 0 Å². The van der Waals surface area contributed by atoms with Crippen LogP contribution >= 0.6 is 0 Å². The number of nitrogens with one attached hydrogen (secondary N) is 1. The zero-order chi connectivity index (χ0) is 17.0. The third-order valence-electron chi connectivity index (χ3n) is 3.00. The molecule has 0 aliphatic heterocycles. The van der Waals surface area contributed by atoms with Crippen LogP contribution in [0.15, 0.2) is 30.5 Å². The summed E-state index contributed by atoms with van der Waals surface area (Å²) in [5, 5.41) is 2.90.